The van der Waals surface area contributed by atoms with Gasteiger partial charge in [0.25, 0.3) is 0 Å². The molecule has 0 saturated heterocycles. The number of benzene rings is 2. The molecule has 2 aromatic carbocycles. The van der Waals surface area contributed by atoms with Crippen LogP contribution >= 0.6 is 0 Å². The third kappa shape index (κ3) is 3.33. The van der Waals surface area contributed by atoms with Crippen molar-refractivity contribution in [2.24, 2.45) is 5.41 Å². The maximum Gasteiger partial charge on any atom is 0.323 e. The summed E-state index contributed by atoms with van der Waals surface area (Å²) >= 11 is 0. The summed E-state index contributed by atoms with van der Waals surface area (Å²) in [6, 6.07) is 19.8. The predicted molar refractivity (Wildman–Crippen MR) is 112 cm³/mol. The van der Waals surface area contributed by atoms with E-state index < -0.39 is 11.4 Å². The zero-order chi connectivity index (χ0) is 20.3. The summed E-state index contributed by atoms with van der Waals surface area (Å²) < 4.78 is 5.37. The van der Waals surface area contributed by atoms with E-state index in [0.29, 0.717) is 5.57 Å². The molecule has 2 atom stereocenters. The van der Waals surface area contributed by atoms with Gasteiger partial charge in [0.05, 0.1) is 6.61 Å². The molecule has 0 fully saturated rings. The molecule has 0 aromatic heterocycles. The van der Waals surface area contributed by atoms with Gasteiger partial charge in [-0.05, 0) is 50.0 Å². The van der Waals surface area contributed by atoms with Crippen molar-refractivity contribution >= 4 is 17.8 Å². The third-order valence-corrected chi connectivity index (χ3v) is 5.65. The monoisotopic (exact) mass is 374 g/mol. The smallest absolute Gasteiger partial charge is 0.323 e. The normalized spacial score (nSPS) is 23.8. The Hall–Kier alpha value is -2.94. The lowest BCUT2D eigenvalue weighted by atomic mass is 9.62. The van der Waals surface area contributed by atoms with Crippen molar-refractivity contribution in [2.45, 2.75) is 33.6 Å². The van der Waals surface area contributed by atoms with E-state index in [1.54, 1.807) is 13.8 Å². The molecule has 0 heterocycles. The fourth-order valence-corrected chi connectivity index (χ4v) is 3.94. The second-order valence-electron chi connectivity index (χ2n) is 7.34. The summed E-state index contributed by atoms with van der Waals surface area (Å²) in [6.07, 6.45) is 1.97. The lowest BCUT2D eigenvalue weighted by molar-refractivity contribution is -0.155. The van der Waals surface area contributed by atoms with Crippen LogP contribution in [0.5, 0.6) is 0 Å². The lowest BCUT2D eigenvalue weighted by Crippen LogP contribution is -2.45. The number of ether oxygens (including phenoxy) is 1. The maximum atomic E-state index is 13.4. The van der Waals surface area contributed by atoms with Crippen LogP contribution in [0.25, 0.3) is 6.08 Å². The summed E-state index contributed by atoms with van der Waals surface area (Å²) in [4.78, 5) is 26.4. The van der Waals surface area contributed by atoms with Crippen LogP contribution in [-0.2, 0) is 14.3 Å². The first-order valence-corrected chi connectivity index (χ1v) is 9.62. The number of allylic oxidation sites excluding steroid dienone is 2. The highest BCUT2D eigenvalue weighted by Crippen LogP contribution is 2.50. The van der Waals surface area contributed by atoms with Crippen molar-refractivity contribution in [3.63, 3.8) is 0 Å². The van der Waals surface area contributed by atoms with E-state index in [-0.39, 0.29) is 18.3 Å². The van der Waals surface area contributed by atoms with E-state index in [2.05, 4.69) is 0 Å². The SMILES string of the molecule is CCOC(=O)[C@@]1(C)C(=O)C(C)=C(C)[C@H](c2ccccc2)/C1=C/c1ccccc1. The molecular weight excluding hydrogens is 348 g/mol. The summed E-state index contributed by atoms with van der Waals surface area (Å²) in [7, 11) is 0. The fourth-order valence-electron chi connectivity index (χ4n) is 3.94. The molecule has 2 aromatic rings. The van der Waals surface area contributed by atoms with E-state index in [1.807, 2.05) is 80.6 Å². The van der Waals surface area contributed by atoms with E-state index in [9.17, 15) is 9.59 Å². The van der Waals surface area contributed by atoms with E-state index >= 15 is 0 Å². The Morgan fingerprint density at radius 2 is 1.61 bits per heavy atom. The molecule has 0 amide bonds. The fraction of sp³-hybridized carbons (Fsp3) is 0.280. The predicted octanol–water partition coefficient (Wildman–Crippen LogP) is 5.34. The van der Waals surface area contributed by atoms with Gasteiger partial charge < -0.3 is 4.74 Å². The summed E-state index contributed by atoms with van der Waals surface area (Å²) in [5, 5.41) is 0. The van der Waals surface area contributed by atoms with Crippen LogP contribution in [-0.4, -0.2) is 18.4 Å². The van der Waals surface area contributed by atoms with Crippen molar-refractivity contribution in [3.8, 4) is 0 Å². The van der Waals surface area contributed by atoms with Gasteiger partial charge in [-0.3, -0.25) is 9.59 Å². The molecule has 28 heavy (non-hydrogen) atoms. The highest BCUT2D eigenvalue weighted by atomic mass is 16.5. The molecule has 3 heteroatoms. The summed E-state index contributed by atoms with van der Waals surface area (Å²) in [5.41, 5.74) is 3.03. The van der Waals surface area contributed by atoms with Crippen molar-refractivity contribution in [3.05, 3.63) is 88.5 Å². The highest BCUT2D eigenvalue weighted by Gasteiger charge is 2.52. The Morgan fingerprint density at radius 1 is 1.04 bits per heavy atom. The Balaban J connectivity index is 2.31. The van der Waals surface area contributed by atoms with Crippen molar-refractivity contribution in [1.82, 2.24) is 0 Å². The molecule has 3 nitrogen and oxygen atoms in total. The number of hydrogen-bond acceptors (Lipinski definition) is 3. The molecule has 0 spiro atoms. The van der Waals surface area contributed by atoms with Crippen molar-refractivity contribution < 1.29 is 14.3 Å². The van der Waals surface area contributed by atoms with Gasteiger partial charge in [0.1, 0.15) is 5.41 Å². The van der Waals surface area contributed by atoms with Crippen molar-refractivity contribution in [1.29, 1.82) is 0 Å². The van der Waals surface area contributed by atoms with E-state index in [4.69, 9.17) is 4.74 Å². The largest absolute Gasteiger partial charge is 0.465 e. The van der Waals surface area contributed by atoms with Gasteiger partial charge in [0.15, 0.2) is 5.78 Å². The first-order valence-electron chi connectivity index (χ1n) is 9.62. The Morgan fingerprint density at radius 3 is 2.18 bits per heavy atom. The van der Waals surface area contributed by atoms with E-state index in [1.165, 1.54) is 0 Å². The number of esters is 1. The second-order valence-corrected chi connectivity index (χ2v) is 7.34. The molecular formula is C25H26O3. The molecule has 0 bridgehead atoms. The minimum absolute atomic E-state index is 0.159. The van der Waals surface area contributed by atoms with Gasteiger partial charge in [0, 0.05) is 5.92 Å². The topological polar surface area (TPSA) is 43.4 Å². The molecule has 144 valence electrons. The first kappa shape index (κ1) is 19.8. The standard InChI is InChI=1S/C25H26O3/c1-5-28-24(27)25(4)21(16-19-12-8-6-9-13-19)22(17(2)18(3)23(25)26)20-14-10-7-11-15-20/h6-16,22H,5H2,1-4H3/b21-16-/t22-,25-/m1/s1. The molecule has 1 aliphatic carbocycles. The number of rotatable bonds is 4. The Bertz CT molecular complexity index is 938. The lowest BCUT2D eigenvalue weighted by Gasteiger charge is -2.39. The average molecular weight is 374 g/mol. The molecule has 0 N–H and O–H groups in total. The molecule has 1 aliphatic rings. The van der Waals surface area contributed by atoms with Gasteiger partial charge in [-0.15, -0.1) is 0 Å². The van der Waals surface area contributed by atoms with Gasteiger partial charge in [0.2, 0.25) is 0 Å². The van der Waals surface area contributed by atoms with Crippen LogP contribution in [0.2, 0.25) is 0 Å². The zero-order valence-corrected chi connectivity index (χ0v) is 16.9. The van der Waals surface area contributed by atoms with Gasteiger partial charge in [-0.1, -0.05) is 72.3 Å². The van der Waals surface area contributed by atoms with Crippen LogP contribution in [0.1, 0.15) is 44.7 Å². The number of Topliss-reactive ketones (excluding diaryl/α,β-unsaturated/α-hetero) is 1. The zero-order valence-electron chi connectivity index (χ0n) is 16.9. The Kier molecular flexibility index (Phi) is 5.64. The summed E-state index contributed by atoms with van der Waals surface area (Å²) in [6.45, 7) is 7.49. The maximum absolute atomic E-state index is 13.4. The molecule has 0 unspecified atom stereocenters. The summed E-state index contributed by atoms with van der Waals surface area (Å²) in [5.74, 6) is -0.832. The molecule has 0 aliphatic heterocycles. The molecule has 3 rings (SSSR count). The number of hydrogen-bond donors (Lipinski definition) is 0. The third-order valence-electron chi connectivity index (χ3n) is 5.65. The van der Waals surface area contributed by atoms with Crippen LogP contribution in [0.15, 0.2) is 77.4 Å². The number of carbonyl (C=O) groups is 2. The van der Waals surface area contributed by atoms with Crippen LogP contribution in [0.4, 0.5) is 0 Å². The van der Waals surface area contributed by atoms with Crippen LogP contribution in [0, 0.1) is 5.41 Å². The molecule has 0 radical (unpaired) electrons. The highest BCUT2D eigenvalue weighted by molar-refractivity contribution is 6.16. The van der Waals surface area contributed by atoms with Gasteiger partial charge in [-0.2, -0.15) is 0 Å². The molecule has 0 saturated carbocycles. The number of carbonyl (C=O) groups excluding carboxylic acids is 2. The Labute approximate surface area is 166 Å². The van der Waals surface area contributed by atoms with Crippen molar-refractivity contribution in [2.75, 3.05) is 6.61 Å². The van der Waals surface area contributed by atoms with Gasteiger partial charge >= 0.3 is 5.97 Å². The second kappa shape index (κ2) is 7.97. The minimum Gasteiger partial charge on any atom is -0.465 e. The quantitative estimate of drug-likeness (QED) is 0.536. The van der Waals surface area contributed by atoms with Crippen LogP contribution in [0.3, 0.4) is 0 Å². The minimum atomic E-state index is -1.35. The first-order chi connectivity index (χ1) is 13.4. The van der Waals surface area contributed by atoms with Gasteiger partial charge in [-0.25, -0.2) is 0 Å². The number of ketones is 1. The van der Waals surface area contributed by atoms with E-state index in [0.717, 1.165) is 22.3 Å². The van der Waals surface area contributed by atoms with Crippen LogP contribution < -0.4 is 0 Å². The average Bonchev–Trinajstić information content (AvgIpc) is 2.72.